The molecule has 0 aliphatic heterocycles. The predicted molar refractivity (Wildman–Crippen MR) is 79.8 cm³/mol. The minimum atomic E-state index is -0.137. The SMILES string of the molecule is COc1ccc2c(c1)[C@@]1(C)CCCCC[C@@H](C2)/C1=N\O. The zero-order valence-corrected chi connectivity index (χ0v) is 12.4. The van der Waals surface area contributed by atoms with Crippen molar-refractivity contribution in [3.8, 4) is 5.75 Å². The van der Waals surface area contributed by atoms with Crippen molar-refractivity contribution in [2.75, 3.05) is 7.11 Å². The maximum absolute atomic E-state index is 9.59. The molecule has 3 rings (SSSR count). The van der Waals surface area contributed by atoms with Gasteiger partial charge in [-0.15, -0.1) is 0 Å². The van der Waals surface area contributed by atoms with Gasteiger partial charge in [0, 0.05) is 11.3 Å². The molecule has 3 nitrogen and oxygen atoms in total. The minimum absolute atomic E-state index is 0.137. The Bertz CT molecular complexity index is 538. The van der Waals surface area contributed by atoms with Crippen molar-refractivity contribution in [3.63, 3.8) is 0 Å². The number of methoxy groups -OCH3 is 1. The molecule has 1 fully saturated rings. The molecule has 1 aromatic carbocycles. The summed E-state index contributed by atoms with van der Waals surface area (Å²) in [6.45, 7) is 2.23. The van der Waals surface area contributed by atoms with Gasteiger partial charge in [-0.25, -0.2) is 0 Å². The van der Waals surface area contributed by atoms with Gasteiger partial charge in [0.05, 0.1) is 12.8 Å². The number of ether oxygens (including phenoxy) is 1. The lowest BCUT2D eigenvalue weighted by Gasteiger charge is -2.42. The van der Waals surface area contributed by atoms with Crippen molar-refractivity contribution in [2.45, 2.75) is 50.9 Å². The van der Waals surface area contributed by atoms with E-state index in [4.69, 9.17) is 4.74 Å². The molecule has 1 aromatic rings. The Kier molecular flexibility index (Phi) is 3.45. The van der Waals surface area contributed by atoms with Crippen molar-refractivity contribution in [3.05, 3.63) is 29.3 Å². The Morgan fingerprint density at radius 1 is 1.30 bits per heavy atom. The smallest absolute Gasteiger partial charge is 0.119 e. The van der Waals surface area contributed by atoms with Crippen molar-refractivity contribution in [1.29, 1.82) is 0 Å². The van der Waals surface area contributed by atoms with E-state index < -0.39 is 0 Å². The molecule has 0 heterocycles. The summed E-state index contributed by atoms with van der Waals surface area (Å²) in [7, 11) is 1.70. The molecule has 1 saturated carbocycles. The zero-order valence-electron chi connectivity index (χ0n) is 12.4. The summed E-state index contributed by atoms with van der Waals surface area (Å²) in [5.74, 6) is 1.29. The standard InChI is InChI=1S/C17H23NO2/c1-17-9-5-3-4-6-13(16(17)18-19)10-12-7-8-14(20-2)11-15(12)17/h7-8,11,13,19H,3-6,9-10H2,1-2H3/b18-16+/t13-,17+/m0/s1. The van der Waals surface area contributed by atoms with Crippen molar-refractivity contribution < 1.29 is 9.94 Å². The maximum Gasteiger partial charge on any atom is 0.119 e. The highest BCUT2D eigenvalue weighted by Gasteiger charge is 2.43. The molecule has 0 saturated heterocycles. The number of benzene rings is 1. The van der Waals surface area contributed by atoms with Gasteiger partial charge in [-0.2, -0.15) is 0 Å². The molecule has 0 amide bonds. The fourth-order valence-corrected chi connectivity index (χ4v) is 4.06. The van der Waals surface area contributed by atoms with E-state index in [2.05, 4.69) is 24.2 Å². The van der Waals surface area contributed by atoms with Gasteiger partial charge < -0.3 is 9.94 Å². The van der Waals surface area contributed by atoms with Gasteiger partial charge in [0.25, 0.3) is 0 Å². The lowest BCUT2D eigenvalue weighted by atomic mass is 9.61. The van der Waals surface area contributed by atoms with E-state index in [0.29, 0.717) is 5.92 Å². The fraction of sp³-hybridized carbons (Fsp3) is 0.588. The topological polar surface area (TPSA) is 41.8 Å². The summed E-state index contributed by atoms with van der Waals surface area (Å²) >= 11 is 0. The minimum Gasteiger partial charge on any atom is -0.497 e. The summed E-state index contributed by atoms with van der Waals surface area (Å²) in [6.07, 6.45) is 6.91. The van der Waals surface area contributed by atoms with Crippen molar-refractivity contribution >= 4 is 5.71 Å². The van der Waals surface area contributed by atoms with Crippen LogP contribution in [0.2, 0.25) is 0 Å². The number of rotatable bonds is 1. The van der Waals surface area contributed by atoms with E-state index in [1.165, 1.54) is 30.4 Å². The number of oxime groups is 1. The molecule has 0 radical (unpaired) electrons. The van der Waals surface area contributed by atoms with E-state index >= 15 is 0 Å². The normalized spacial score (nSPS) is 31.3. The second-order valence-corrected chi connectivity index (χ2v) is 6.34. The Balaban J connectivity index is 2.16. The van der Waals surface area contributed by atoms with Crippen LogP contribution in [0.4, 0.5) is 0 Å². The van der Waals surface area contributed by atoms with Crippen LogP contribution in [0.3, 0.4) is 0 Å². The van der Waals surface area contributed by atoms with Gasteiger partial charge in [-0.1, -0.05) is 37.4 Å². The second-order valence-electron chi connectivity index (χ2n) is 6.34. The van der Waals surface area contributed by atoms with Crippen molar-refractivity contribution in [1.82, 2.24) is 0 Å². The van der Waals surface area contributed by atoms with E-state index in [-0.39, 0.29) is 5.41 Å². The first-order valence-electron chi connectivity index (χ1n) is 7.59. The Morgan fingerprint density at radius 3 is 2.90 bits per heavy atom. The highest BCUT2D eigenvalue weighted by atomic mass is 16.5. The third-order valence-corrected chi connectivity index (χ3v) is 5.17. The van der Waals surface area contributed by atoms with Crippen LogP contribution >= 0.6 is 0 Å². The van der Waals surface area contributed by atoms with Crippen LogP contribution in [-0.2, 0) is 11.8 Å². The third kappa shape index (κ3) is 2.00. The molecule has 0 aromatic heterocycles. The molecule has 2 bridgehead atoms. The Morgan fingerprint density at radius 2 is 2.15 bits per heavy atom. The molecular formula is C17H23NO2. The zero-order chi connectivity index (χ0) is 14.2. The van der Waals surface area contributed by atoms with Crippen LogP contribution in [0.25, 0.3) is 0 Å². The first-order chi connectivity index (χ1) is 9.69. The third-order valence-electron chi connectivity index (χ3n) is 5.17. The number of hydrogen-bond acceptors (Lipinski definition) is 3. The Labute approximate surface area is 120 Å². The molecule has 1 N–H and O–H groups in total. The molecule has 20 heavy (non-hydrogen) atoms. The first kappa shape index (κ1) is 13.5. The largest absolute Gasteiger partial charge is 0.497 e. The highest BCUT2D eigenvalue weighted by molar-refractivity contribution is 5.98. The fourth-order valence-electron chi connectivity index (χ4n) is 4.06. The summed E-state index contributed by atoms with van der Waals surface area (Å²) in [5, 5.41) is 13.3. The molecule has 3 heteroatoms. The van der Waals surface area contributed by atoms with E-state index in [0.717, 1.165) is 30.7 Å². The van der Waals surface area contributed by atoms with Crippen LogP contribution in [0.5, 0.6) is 5.75 Å². The number of hydrogen-bond donors (Lipinski definition) is 1. The highest BCUT2D eigenvalue weighted by Crippen LogP contribution is 2.45. The number of fused-ring (bicyclic) bond motifs is 4. The van der Waals surface area contributed by atoms with Crippen LogP contribution in [0, 0.1) is 5.92 Å². The average molecular weight is 273 g/mol. The van der Waals surface area contributed by atoms with Crippen molar-refractivity contribution in [2.24, 2.45) is 11.1 Å². The Hall–Kier alpha value is -1.51. The molecule has 2 aliphatic rings. The lowest BCUT2D eigenvalue weighted by molar-refractivity contribution is 0.296. The maximum atomic E-state index is 9.59. The summed E-state index contributed by atoms with van der Waals surface area (Å²) < 4.78 is 5.39. The van der Waals surface area contributed by atoms with Gasteiger partial charge in [-0.05, 0) is 42.5 Å². The van der Waals surface area contributed by atoms with Gasteiger partial charge in [0.15, 0.2) is 0 Å². The van der Waals surface area contributed by atoms with Gasteiger partial charge in [0.2, 0.25) is 0 Å². The van der Waals surface area contributed by atoms with E-state index in [9.17, 15) is 5.21 Å². The molecular weight excluding hydrogens is 250 g/mol. The average Bonchev–Trinajstić information content (AvgIpc) is 2.45. The van der Waals surface area contributed by atoms with Gasteiger partial charge in [0.1, 0.15) is 5.75 Å². The van der Waals surface area contributed by atoms with E-state index in [1.54, 1.807) is 7.11 Å². The number of nitrogens with zero attached hydrogens (tertiary/aromatic N) is 1. The molecule has 0 spiro atoms. The van der Waals surface area contributed by atoms with Crippen LogP contribution in [0.15, 0.2) is 23.4 Å². The lowest BCUT2D eigenvalue weighted by Crippen LogP contribution is -2.44. The van der Waals surface area contributed by atoms with E-state index in [1.807, 2.05) is 6.07 Å². The monoisotopic (exact) mass is 273 g/mol. The van der Waals surface area contributed by atoms with Gasteiger partial charge in [-0.3, -0.25) is 0 Å². The molecule has 2 atom stereocenters. The van der Waals surface area contributed by atoms with Crippen LogP contribution in [0.1, 0.15) is 50.2 Å². The van der Waals surface area contributed by atoms with Crippen LogP contribution in [-0.4, -0.2) is 18.0 Å². The van der Waals surface area contributed by atoms with Gasteiger partial charge >= 0.3 is 0 Å². The summed E-state index contributed by atoms with van der Waals surface area (Å²) in [6, 6.07) is 6.37. The quantitative estimate of drug-likeness (QED) is 0.622. The van der Waals surface area contributed by atoms with Crippen LogP contribution < -0.4 is 4.74 Å². The molecule has 108 valence electrons. The molecule has 0 unspecified atom stereocenters. The molecule has 2 aliphatic carbocycles. The second kappa shape index (κ2) is 5.12. The summed E-state index contributed by atoms with van der Waals surface area (Å²) in [5.41, 5.74) is 3.54. The predicted octanol–water partition coefficient (Wildman–Crippen LogP) is 3.92. The summed E-state index contributed by atoms with van der Waals surface area (Å²) in [4.78, 5) is 0. The first-order valence-corrected chi connectivity index (χ1v) is 7.59.